The van der Waals surface area contributed by atoms with E-state index in [0.717, 1.165) is 17.0 Å². The Kier molecular flexibility index (Phi) is 9.99. The molecular formula is C31H39N7O6. The normalized spacial score (nSPS) is 18.4. The zero-order chi connectivity index (χ0) is 30.6. The molecule has 0 spiro atoms. The van der Waals surface area contributed by atoms with Gasteiger partial charge in [0.2, 0.25) is 0 Å². The number of hydrogen-bond acceptors (Lipinski definition) is 9. The van der Waals surface area contributed by atoms with Crippen molar-refractivity contribution in [2.75, 3.05) is 33.3 Å². The number of nitrogens with one attached hydrogen (secondary N) is 2. The Balaban J connectivity index is 0.00000442. The van der Waals surface area contributed by atoms with Gasteiger partial charge in [-0.25, -0.2) is 19.1 Å². The van der Waals surface area contributed by atoms with Crippen molar-refractivity contribution in [3.63, 3.8) is 0 Å². The molecule has 13 heteroatoms. The third-order valence-electron chi connectivity index (χ3n) is 8.31. The molecule has 1 atom stereocenters. The van der Waals surface area contributed by atoms with Crippen molar-refractivity contribution in [2.24, 2.45) is 5.73 Å². The summed E-state index contributed by atoms with van der Waals surface area (Å²) >= 11 is 0. The summed E-state index contributed by atoms with van der Waals surface area (Å²) in [5, 5.41) is 13.3. The molecule has 13 nitrogen and oxygen atoms in total. The van der Waals surface area contributed by atoms with Gasteiger partial charge in [0.1, 0.15) is 17.1 Å². The number of aromatic nitrogens is 2. The number of likely N-dealkylation sites (tertiary alicyclic amines) is 1. The minimum atomic E-state index is -1.06. The first kappa shape index (κ1) is 32.1. The molecule has 2 aliphatic heterocycles. The maximum atomic E-state index is 13.6. The van der Waals surface area contributed by atoms with Crippen LogP contribution in [-0.4, -0.2) is 77.3 Å². The molecule has 4 N–H and O–H groups in total. The van der Waals surface area contributed by atoms with E-state index in [1.54, 1.807) is 18.2 Å². The number of nitrogens with zero attached hydrogens (tertiary/aromatic N) is 4. The van der Waals surface area contributed by atoms with Crippen LogP contribution >= 0.6 is 0 Å². The van der Waals surface area contributed by atoms with Crippen LogP contribution in [-0.2, 0) is 19.7 Å². The second-order valence-corrected chi connectivity index (χ2v) is 10.7. The number of carbonyl (C=O) groups is 4. The van der Waals surface area contributed by atoms with Crippen molar-refractivity contribution in [1.82, 2.24) is 30.7 Å². The number of esters is 1. The number of primary amides is 1. The fraction of sp³-hybridized carbons (Fsp3) is 0.419. The zero-order valence-electron chi connectivity index (χ0n) is 24.2. The van der Waals surface area contributed by atoms with Crippen LogP contribution in [0.25, 0.3) is 11.0 Å². The largest absolute Gasteiger partial charge is 0.468 e. The highest BCUT2D eigenvalue weighted by Gasteiger charge is 2.44. The molecule has 0 bridgehead atoms. The van der Waals surface area contributed by atoms with Crippen LogP contribution in [0, 0.1) is 0 Å². The summed E-state index contributed by atoms with van der Waals surface area (Å²) in [7, 11) is 1.43. The minimum Gasteiger partial charge on any atom is -0.468 e. The third-order valence-corrected chi connectivity index (χ3v) is 8.31. The number of allylic oxidation sites excluding steroid dienone is 1. The van der Waals surface area contributed by atoms with E-state index in [4.69, 9.17) is 15.1 Å². The van der Waals surface area contributed by atoms with Gasteiger partial charge in [-0.2, -0.15) is 0 Å². The first-order chi connectivity index (χ1) is 20.8. The lowest BCUT2D eigenvalue weighted by Crippen LogP contribution is -2.54. The Hall–Kier alpha value is -4.78. The molecule has 1 aromatic heterocycles. The number of nitrogens with two attached hydrogens (primary N) is 1. The van der Waals surface area contributed by atoms with Crippen molar-refractivity contribution >= 4 is 35.0 Å². The molecule has 44 heavy (non-hydrogen) atoms. The topological polar surface area (TPSA) is 173 Å². The van der Waals surface area contributed by atoms with Gasteiger partial charge in [0.25, 0.3) is 5.91 Å². The number of piperidine rings is 1. The molecule has 2 aliphatic rings. The summed E-state index contributed by atoms with van der Waals surface area (Å²) < 4.78 is 9.97. The van der Waals surface area contributed by atoms with E-state index in [1.807, 2.05) is 37.3 Å². The highest BCUT2D eigenvalue weighted by atomic mass is 16.6. The molecule has 5 rings (SSSR count). The van der Waals surface area contributed by atoms with E-state index in [2.05, 4.69) is 25.8 Å². The molecule has 1 unspecified atom stereocenters. The second-order valence-electron chi connectivity index (χ2n) is 10.7. The number of methoxy groups -OCH3 is 1. The molecule has 5 amide bonds. The summed E-state index contributed by atoms with van der Waals surface area (Å²) in [5.74, 6) is -0.636. The van der Waals surface area contributed by atoms with E-state index in [-0.39, 0.29) is 19.0 Å². The fourth-order valence-electron chi connectivity index (χ4n) is 6.04. The first-order valence-corrected chi connectivity index (χ1v) is 14.3. The molecule has 0 saturated carbocycles. The number of hydrogen-bond donors (Lipinski definition) is 3. The molecule has 2 aromatic carbocycles. The lowest BCUT2D eigenvalue weighted by Gasteiger charge is -2.40. The van der Waals surface area contributed by atoms with Crippen molar-refractivity contribution in [3.05, 3.63) is 70.9 Å². The smallest absolute Gasteiger partial charge is 0.330 e. The van der Waals surface area contributed by atoms with Gasteiger partial charge in [-0.05, 0) is 78.9 Å². The van der Waals surface area contributed by atoms with E-state index in [1.165, 1.54) is 7.11 Å². The Morgan fingerprint density at radius 1 is 1.11 bits per heavy atom. The summed E-state index contributed by atoms with van der Waals surface area (Å²) in [4.78, 5) is 54.8. The molecule has 234 valence electrons. The van der Waals surface area contributed by atoms with E-state index < -0.39 is 29.4 Å². The van der Waals surface area contributed by atoms with Crippen LogP contribution in [0.4, 0.5) is 9.59 Å². The Bertz CT molecular complexity index is 1550. The van der Waals surface area contributed by atoms with Crippen molar-refractivity contribution in [2.45, 2.75) is 51.5 Å². The van der Waals surface area contributed by atoms with Crippen molar-refractivity contribution < 1.29 is 28.5 Å². The van der Waals surface area contributed by atoms with Gasteiger partial charge >= 0.3 is 18.0 Å². The van der Waals surface area contributed by atoms with Gasteiger partial charge in [0, 0.05) is 12.2 Å². The lowest BCUT2D eigenvalue weighted by molar-refractivity contribution is -0.149. The Labute approximate surface area is 255 Å². The van der Waals surface area contributed by atoms with E-state index in [0.29, 0.717) is 67.6 Å². The predicted octanol–water partition coefficient (Wildman–Crippen LogP) is 3.38. The summed E-state index contributed by atoms with van der Waals surface area (Å²) in [6.07, 6.45) is 2.28. The summed E-state index contributed by atoms with van der Waals surface area (Å²) in [6, 6.07) is 11.9. The van der Waals surface area contributed by atoms with Gasteiger partial charge in [0.05, 0.1) is 18.1 Å². The third kappa shape index (κ3) is 6.13. The predicted molar refractivity (Wildman–Crippen MR) is 162 cm³/mol. The van der Waals surface area contributed by atoms with E-state index >= 15 is 0 Å². The van der Waals surface area contributed by atoms with Crippen molar-refractivity contribution in [1.29, 1.82) is 0 Å². The highest BCUT2D eigenvalue weighted by molar-refractivity contribution is 6.03. The number of carbonyl (C=O) groups excluding carboxylic acids is 4. The molecule has 3 aromatic rings. The molecule has 3 heterocycles. The summed E-state index contributed by atoms with van der Waals surface area (Å²) in [5.41, 5.74) is 7.90. The van der Waals surface area contributed by atoms with Crippen LogP contribution in [0.15, 0.2) is 64.4 Å². The second kappa shape index (κ2) is 13.7. The van der Waals surface area contributed by atoms with Gasteiger partial charge in [0.15, 0.2) is 0 Å². The highest BCUT2D eigenvalue weighted by Crippen LogP contribution is 2.37. The quantitative estimate of drug-likeness (QED) is 0.244. The van der Waals surface area contributed by atoms with E-state index in [9.17, 15) is 19.2 Å². The van der Waals surface area contributed by atoms with Crippen molar-refractivity contribution in [3.8, 4) is 0 Å². The fourth-order valence-corrected chi connectivity index (χ4v) is 6.04. The number of ether oxygens (including phenoxy) is 1. The van der Waals surface area contributed by atoms with Crippen LogP contribution in [0.5, 0.6) is 0 Å². The zero-order valence-corrected chi connectivity index (χ0v) is 24.2. The van der Waals surface area contributed by atoms with Crippen LogP contribution < -0.4 is 16.4 Å². The number of rotatable bonds is 9. The van der Waals surface area contributed by atoms with Gasteiger partial charge in [-0.3, -0.25) is 9.59 Å². The number of urea groups is 2. The van der Waals surface area contributed by atoms with Crippen LogP contribution in [0.2, 0.25) is 0 Å². The number of benzene rings is 2. The van der Waals surface area contributed by atoms with Gasteiger partial charge in [-0.15, -0.1) is 0 Å². The number of amides is 5. The minimum absolute atomic E-state index is 0. The maximum Gasteiger partial charge on any atom is 0.330 e. The first-order valence-electron chi connectivity index (χ1n) is 14.3. The standard InChI is InChI=1S/C30H35N7O6.CH4/c1-3-21-24(25(37(28(31)40)29(41)33-21)19-10-11-22-23(18-19)35-43-34-22)26(38)32-14-7-15-36-16-12-30(13-17-36,27(39)42-2)20-8-5-4-6-9-20;/h4-6,8-11,18,25H,3,7,12-17H2,1-2H3,(H2,31,40)(H,32,38)(H,33,41);1H4. The van der Waals surface area contributed by atoms with Crippen LogP contribution in [0.1, 0.15) is 57.2 Å². The molecule has 1 saturated heterocycles. The molecule has 0 radical (unpaired) electrons. The SMILES string of the molecule is C.CCC1=C(C(=O)NCCCN2CCC(C(=O)OC)(c3ccccc3)CC2)C(c2ccc3nonc3c2)N(C(N)=O)C(=O)N1. The average molecular weight is 606 g/mol. The van der Waals surface area contributed by atoms with Gasteiger partial charge in [-0.1, -0.05) is 50.7 Å². The lowest BCUT2D eigenvalue weighted by atomic mass is 9.72. The molecule has 0 aliphatic carbocycles. The average Bonchev–Trinajstić information content (AvgIpc) is 3.50. The number of fused-ring (bicyclic) bond motifs is 1. The summed E-state index contributed by atoms with van der Waals surface area (Å²) in [6.45, 7) is 4.31. The molecule has 1 fully saturated rings. The van der Waals surface area contributed by atoms with Gasteiger partial charge < -0.3 is 26.0 Å². The maximum absolute atomic E-state index is 13.6. The Morgan fingerprint density at radius 2 is 1.82 bits per heavy atom. The van der Waals surface area contributed by atoms with Crippen LogP contribution in [0.3, 0.4) is 0 Å². The molecular weight excluding hydrogens is 566 g/mol. The Morgan fingerprint density at radius 3 is 2.48 bits per heavy atom. The number of imide groups is 1. The monoisotopic (exact) mass is 605 g/mol.